The van der Waals surface area contributed by atoms with Crippen molar-refractivity contribution in [2.24, 2.45) is 0 Å². The molecule has 0 atom stereocenters. The lowest BCUT2D eigenvalue weighted by Gasteiger charge is -2.04. The van der Waals surface area contributed by atoms with Gasteiger partial charge in [0.25, 0.3) is 0 Å². The van der Waals surface area contributed by atoms with Crippen LogP contribution in [0.3, 0.4) is 0 Å². The normalized spacial score (nSPS) is 10.8. The van der Waals surface area contributed by atoms with E-state index >= 15 is 0 Å². The van der Waals surface area contributed by atoms with Crippen molar-refractivity contribution in [2.75, 3.05) is 5.32 Å². The molecule has 0 aliphatic rings. The molecular weight excluding hydrogens is 246 g/mol. The van der Waals surface area contributed by atoms with E-state index in [0.29, 0.717) is 0 Å². The molecule has 0 saturated carbocycles. The van der Waals surface area contributed by atoms with E-state index in [4.69, 9.17) is 0 Å². The molecule has 2 rings (SSSR count). The molecule has 0 bridgehead atoms. The highest BCUT2D eigenvalue weighted by molar-refractivity contribution is 6.04. The van der Waals surface area contributed by atoms with Crippen molar-refractivity contribution in [2.45, 2.75) is 20.8 Å². The van der Waals surface area contributed by atoms with Gasteiger partial charge >= 0.3 is 0 Å². The Kier molecular flexibility index (Phi) is 4.36. The quantitative estimate of drug-likeness (QED) is 0.655. The summed E-state index contributed by atoms with van der Waals surface area (Å²) < 4.78 is 0. The molecule has 0 heterocycles. The molecule has 0 saturated heterocycles. The van der Waals surface area contributed by atoms with Crippen molar-refractivity contribution in [1.29, 1.82) is 0 Å². The first-order valence-electron chi connectivity index (χ1n) is 6.68. The minimum atomic E-state index is 0.00850. The minimum Gasteiger partial charge on any atom is -0.361 e. The van der Waals surface area contributed by atoms with Gasteiger partial charge in [0.05, 0.1) is 0 Å². The molecule has 0 fully saturated rings. The van der Waals surface area contributed by atoms with Gasteiger partial charge < -0.3 is 5.32 Å². The minimum absolute atomic E-state index is 0.00850. The van der Waals surface area contributed by atoms with E-state index in [2.05, 4.69) is 5.32 Å². The molecule has 0 spiro atoms. The SMILES string of the molecule is Cc1ccc(C(=O)C=CNc2ccccc2C)cc1C. The van der Waals surface area contributed by atoms with E-state index in [1.54, 1.807) is 12.3 Å². The Morgan fingerprint density at radius 1 is 0.950 bits per heavy atom. The fourth-order valence-corrected chi connectivity index (χ4v) is 1.93. The number of aryl methyl sites for hydroxylation is 3. The lowest BCUT2D eigenvalue weighted by atomic mass is 10.0. The number of nitrogens with one attached hydrogen (secondary N) is 1. The number of hydrogen-bond donors (Lipinski definition) is 1. The zero-order valence-electron chi connectivity index (χ0n) is 12.1. The second-order valence-electron chi connectivity index (χ2n) is 4.96. The van der Waals surface area contributed by atoms with Gasteiger partial charge in [-0.15, -0.1) is 0 Å². The average Bonchev–Trinajstić information content (AvgIpc) is 2.44. The Bertz CT molecular complexity index is 656. The van der Waals surface area contributed by atoms with Gasteiger partial charge in [0.2, 0.25) is 0 Å². The molecule has 0 aliphatic heterocycles. The Balaban J connectivity index is 2.06. The highest BCUT2D eigenvalue weighted by atomic mass is 16.1. The third kappa shape index (κ3) is 3.35. The smallest absolute Gasteiger partial charge is 0.187 e. The maximum absolute atomic E-state index is 12.1. The zero-order chi connectivity index (χ0) is 14.5. The molecule has 20 heavy (non-hydrogen) atoms. The number of para-hydroxylation sites is 1. The van der Waals surface area contributed by atoms with Gasteiger partial charge in [-0.3, -0.25) is 4.79 Å². The number of allylic oxidation sites excluding steroid dienone is 1. The van der Waals surface area contributed by atoms with Gasteiger partial charge in [-0.1, -0.05) is 30.3 Å². The molecule has 0 radical (unpaired) electrons. The van der Waals surface area contributed by atoms with Crippen LogP contribution in [-0.2, 0) is 0 Å². The lowest BCUT2D eigenvalue weighted by Crippen LogP contribution is -1.98. The van der Waals surface area contributed by atoms with Crippen molar-refractivity contribution in [3.63, 3.8) is 0 Å². The molecular formula is C18H19NO. The molecule has 0 unspecified atom stereocenters. The van der Waals surface area contributed by atoms with Gasteiger partial charge in [0.1, 0.15) is 0 Å². The first-order valence-corrected chi connectivity index (χ1v) is 6.68. The van der Waals surface area contributed by atoms with Crippen LogP contribution in [-0.4, -0.2) is 5.78 Å². The number of rotatable bonds is 4. The van der Waals surface area contributed by atoms with Crippen LogP contribution in [0.4, 0.5) is 5.69 Å². The Morgan fingerprint density at radius 2 is 1.70 bits per heavy atom. The van der Waals surface area contributed by atoms with Crippen molar-refractivity contribution >= 4 is 11.5 Å². The van der Waals surface area contributed by atoms with E-state index < -0.39 is 0 Å². The van der Waals surface area contributed by atoms with E-state index in [9.17, 15) is 4.79 Å². The molecule has 102 valence electrons. The number of carbonyl (C=O) groups excluding carboxylic acids is 1. The number of benzene rings is 2. The van der Waals surface area contributed by atoms with Crippen LogP contribution in [0.2, 0.25) is 0 Å². The summed E-state index contributed by atoms with van der Waals surface area (Å²) in [7, 11) is 0. The summed E-state index contributed by atoms with van der Waals surface area (Å²) in [6, 6.07) is 13.7. The van der Waals surface area contributed by atoms with E-state index in [1.165, 1.54) is 5.56 Å². The molecule has 0 aromatic heterocycles. The molecule has 0 aliphatic carbocycles. The van der Waals surface area contributed by atoms with Gasteiger partial charge in [-0.25, -0.2) is 0 Å². The lowest BCUT2D eigenvalue weighted by molar-refractivity contribution is 0.104. The summed E-state index contributed by atoms with van der Waals surface area (Å²) in [5.74, 6) is 0.00850. The highest BCUT2D eigenvalue weighted by Crippen LogP contribution is 2.13. The molecule has 1 N–H and O–H groups in total. The number of carbonyl (C=O) groups is 1. The number of ketones is 1. The number of anilines is 1. The monoisotopic (exact) mass is 265 g/mol. The fourth-order valence-electron chi connectivity index (χ4n) is 1.93. The predicted molar refractivity (Wildman–Crippen MR) is 84.2 cm³/mol. The Hall–Kier alpha value is -2.35. The third-order valence-electron chi connectivity index (χ3n) is 3.41. The average molecular weight is 265 g/mol. The van der Waals surface area contributed by atoms with Crippen molar-refractivity contribution < 1.29 is 4.79 Å². The van der Waals surface area contributed by atoms with Gasteiger partial charge in [0, 0.05) is 23.5 Å². The van der Waals surface area contributed by atoms with Crippen LogP contribution in [0.15, 0.2) is 54.7 Å². The van der Waals surface area contributed by atoms with Gasteiger partial charge in [-0.05, 0) is 49.6 Å². The summed E-state index contributed by atoms with van der Waals surface area (Å²) in [5, 5.41) is 3.14. The van der Waals surface area contributed by atoms with E-state index in [-0.39, 0.29) is 5.78 Å². The summed E-state index contributed by atoms with van der Waals surface area (Å²) >= 11 is 0. The van der Waals surface area contributed by atoms with Crippen molar-refractivity contribution in [1.82, 2.24) is 0 Å². The summed E-state index contributed by atoms with van der Waals surface area (Å²) in [6.45, 7) is 6.09. The van der Waals surface area contributed by atoms with Crippen LogP contribution in [0, 0.1) is 20.8 Å². The number of hydrogen-bond acceptors (Lipinski definition) is 2. The fraction of sp³-hybridized carbons (Fsp3) is 0.167. The second-order valence-corrected chi connectivity index (χ2v) is 4.96. The van der Waals surface area contributed by atoms with E-state index in [0.717, 1.165) is 22.4 Å². The Labute approximate surface area is 120 Å². The van der Waals surface area contributed by atoms with Crippen LogP contribution in [0.25, 0.3) is 0 Å². The molecule has 2 nitrogen and oxygen atoms in total. The maximum Gasteiger partial charge on any atom is 0.187 e. The maximum atomic E-state index is 12.1. The van der Waals surface area contributed by atoms with Crippen molar-refractivity contribution in [3.05, 3.63) is 77.0 Å². The molecule has 0 amide bonds. The predicted octanol–water partition coefficient (Wildman–Crippen LogP) is 4.42. The molecule has 2 aromatic carbocycles. The summed E-state index contributed by atoms with van der Waals surface area (Å²) in [6.07, 6.45) is 3.26. The largest absolute Gasteiger partial charge is 0.361 e. The molecule has 2 aromatic rings. The first kappa shape index (κ1) is 14.1. The highest BCUT2D eigenvalue weighted by Gasteiger charge is 2.03. The van der Waals surface area contributed by atoms with Crippen LogP contribution in [0.5, 0.6) is 0 Å². The van der Waals surface area contributed by atoms with Gasteiger partial charge in [-0.2, -0.15) is 0 Å². The summed E-state index contributed by atoms with van der Waals surface area (Å²) in [4.78, 5) is 12.1. The van der Waals surface area contributed by atoms with Crippen LogP contribution >= 0.6 is 0 Å². The van der Waals surface area contributed by atoms with E-state index in [1.807, 2.05) is 63.2 Å². The third-order valence-corrected chi connectivity index (χ3v) is 3.41. The topological polar surface area (TPSA) is 29.1 Å². The molecule has 2 heteroatoms. The summed E-state index contributed by atoms with van der Waals surface area (Å²) in [5.41, 5.74) is 5.21. The van der Waals surface area contributed by atoms with Gasteiger partial charge in [0.15, 0.2) is 5.78 Å². The van der Waals surface area contributed by atoms with Crippen LogP contribution in [0.1, 0.15) is 27.0 Å². The zero-order valence-corrected chi connectivity index (χ0v) is 12.1. The van der Waals surface area contributed by atoms with Crippen molar-refractivity contribution in [3.8, 4) is 0 Å². The second kappa shape index (κ2) is 6.20. The Morgan fingerprint density at radius 3 is 2.40 bits per heavy atom. The van der Waals surface area contributed by atoms with Crippen LogP contribution < -0.4 is 5.32 Å². The standard InChI is InChI=1S/C18H19NO/c1-13-8-9-16(12-15(13)3)18(20)10-11-19-17-7-5-4-6-14(17)2/h4-12,19H,1-3H3. The first-order chi connectivity index (χ1) is 9.58.